The Morgan fingerprint density at radius 1 is 1.60 bits per heavy atom. The number of amides is 1. The standard InChI is InChI=1S/C14H17ClFNO3/c1-9-7-17(14(18)19)5-4-10(9)8-20-13-3-2-11(16)6-12(13)15/h2-3,6,9-10H,4-5,7-8H2,1H3,(H,18,19)/t9-,10-/m0/s1. The molecule has 2 atom stereocenters. The van der Waals surface area contributed by atoms with Gasteiger partial charge in [-0.05, 0) is 36.5 Å². The van der Waals surface area contributed by atoms with Crippen LogP contribution in [0.2, 0.25) is 5.02 Å². The van der Waals surface area contributed by atoms with E-state index in [2.05, 4.69) is 0 Å². The lowest BCUT2D eigenvalue weighted by atomic mass is 9.88. The number of likely N-dealkylation sites (tertiary alicyclic amines) is 1. The van der Waals surface area contributed by atoms with Crippen LogP contribution < -0.4 is 4.74 Å². The van der Waals surface area contributed by atoms with Crippen LogP contribution in [0.5, 0.6) is 5.75 Å². The normalized spacial score (nSPS) is 22.6. The third-order valence-corrected chi connectivity index (χ3v) is 4.00. The third-order valence-electron chi connectivity index (χ3n) is 3.70. The first-order valence-electron chi connectivity index (χ1n) is 6.53. The summed E-state index contributed by atoms with van der Waals surface area (Å²) in [4.78, 5) is 12.3. The molecule has 20 heavy (non-hydrogen) atoms. The van der Waals surface area contributed by atoms with Gasteiger partial charge in [0.2, 0.25) is 0 Å². The van der Waals surface area contributed by atoms with Gasteiger partial charge in [-0.1, -0.05) is 18.5 Å². The first-order valence-corrected chi connectivity index (χ1v) is 6.91. The fraction of sp³-hybridized carbons (Fsp3) is 0.500. The maximum absolute atomic E-state index is 12.9. The van der Waals surface area contributed by atoms with Crippen molar-refractivity contribution in [1.29, 1.82) is 0 Å². The lowest BCUT2D eigenvalue weighted by molar-refractivity contribution is 0.0820. The summed E-state index contributed by atoms with van der Waals surface area (Å²) in [6.07, 6.45) is -0.121. The average molecular weight is 302 g/mol. The van der Waals surface area contributed by atoms with Gasteiger partial charge in [0, 0.05) is 13.1 Å². The van der Waals surface area contributed by atoms with Gasteiger partial charge < -0.3 is 14.7 Å². The number of carboxylic acid groups (broad SMARTS) is 1. The Balaban J connectivity index is 1.90. The lowest BCUT2D eigenvalue weighted by Gasteiger charge is -2.35. The Morgan fingerprint density at radius 3 is 2.95 bits per heavy atom. The number of rotatable bonds is 3. The summed E-state index contributed by atoms with van der Waals surface area (Å²) in [6, 6.07) is 4.03. The highest BCUT2D eigenvalue weighted by molar-refractivity contribution is 6.32. The van der Waals surface area contributed by atoms with Crippen molar-refractivity contribution in [3.05, 3.63) is 29.0 Å². The molecule has 0 unspecified atom stereocenters. The summed E-state index contributed by atoms with van der Waals surface area (Å²) in [5.41, 5.74) is 0. The maximum atomic E-state index is 12.9. The van der Waals surface area contributed by atoms with E-state index in [-0.39, 0.29) is 16.9 Å². The van der Waals surface area contributed by atoms with Crippen molar-refractivity contribution in [2.75, 3.05) is 19.7 Å². The summed E-state index contributed by atoms with van der Waals surface area (Å²) < 4.78 is 18.6. The molecule has 0 bridgehead atoms. The number of nitrogens with zero attached hydrogens (tertiary/aromatic N) is 1. The van der Waals surface area contributed by atoms with Crippen LogP contribution in [0.3, 0.4) is 0 Å². The van der Waals surface area contributed by atoms with E-state index in [4.69, 9.17) is 21.4 Å². The largest absolute Gasteiger partial charge is 0.492 e. The van der Waals surface area contributed by atoms with Crippen molar-refractivity contribution in [3.8, 4) is 5.75 Å². The highest BCUT2D eigenvalue weighted by Crippen LogP contribution is 2.28. The second-order valence-electron chi connectivity index (χ2n) is 5.14. The lowest BCUT2D eigenvalue weighted by Crippen LogP contribution is -2.43. The maximum Gasteiger partial charge on any atom is 0.407 e. The number of hydrogen-bond donors (Lipinski definition) is 1. The SMILES string of the molecule is C[C@H]1CN(C(=O)O)CC[C@H]1COc1ccc(F)cc1Cl. The topological polar surface area (TPSA) is 49.8 Å². The minimum Gasteiger partial charge on any atom is -0.492 e. The van der Waals surface area contributed by atoms with Gasteiger partial charge in [0.05, 0.1) is 11.6 Å². The molecule has 1 N–H and O–H groups in total. The molecule has 0 aliphatic carbocycles. The summed E-state index contributed by atoms with van der Waals surface area (Å²) in [5.74, 6) is 0.553. The third kappa shape index (κ3) is 3.54. The van der Waals surface area contributed by atoms with Crippen LogP contribution in [0.1, 0.15) is 13.3 Å². The minimum absolute atomic E-state index is 0.221. The van der Waals surface area contributed by atoms with Crippen molar-refractivity contribution in [2.24, 2.45) is 11.8 Å². The van der Waals surface area contributed by atoms with Crippen LogP contribution in [0.15, 0.2) is 18.2 Å². The van der Waals surface area contributed by atoms with E-state index in [0.29, 0.717) is 25.4 Å². The monoisotopic (exact) mass is 301 g/mol. The Labute approximate surface area is 122 Å². The Morgan fingerprint density at radius 2 is 2.35 bits per heavy atom. The number of halogens is 2. The molecule has 1 aliphatic rings. The van der Waals surface area contributed by atoms with Crippen molar-refractivity contribution in [3.63, 3.8) is 0 Å². The molecule has 0 radical (unpaired) electrons. The van der Waals surface area contributed by atoms with Crippen molar-refractivity contribution < 1.29 is 19.0 Å². The van der Waals surface area contributed by atoms with Crippen LogP contribution in [0, 0.1) is 17.7 Å². The van der Waals surface area contributed by atoms with Crippen molar-refractivity contribution in [2.45, 2.75) is 13.3 Å². The number of ether oxygens (including phenoxy) is 1. The van der Waals surface area contributed by atoms with E-state index < -0.39 is 11.9 Å². The van der Waals surface area contributed by atoms with Gasteiger partial charge in [-0.15, -0.1) is 0 Å². The number of carbonyl (C=O) groups is 1. The Kier molecular flexibility index (Phi) is 4.70. The van der Waals surface area contributed by atoms with Gasteiger partial charge in [0.1, 0.15) is 11.6 Å². The highest BCUT2D eigenvalue weighted by Gasteiger charge is 2.29. The molecular weight excluding hydrogens is 285 g/mol. The van der Waals surface area contributed by atoms with Crippen LogP contribution >= 0.6 is 11.6 Å². The molecular formula is C14H17ClFNO3. The molecule has 1 heterocycles. The minimum atomic E-state index is -0.877. The highest BCUT2D eigenvalue weighted by atomic mass is 35.5. The van der Waals surface area contributed by atoms with Gasteiger partial charge in [0.25, 0.3) is 0 Å². The molecule has 1 aliphatic heterocycles. The summed E-state index contributed by atoms with van der Waals surface area (Å²) in [5, 5.41) is 9.20. The molecule has 1 amide bonds. The molecule has 0 saturated carbocycles. The quantitative estimate of drug-likeness (QED) is 0.929. The first-order chi connectivity index (χ1) is 9.47. The fourth-order valence-corrected chi connectivity index (χ4v) is 2.63. The predicted molar refractivity (Wildman–Crippen MR) is 73.8 cm³/mol. The molecule has 1 aromatic carbocycles. The predicted octanol–water partition coefficient (Wildman–Crippen LogP) is 3.49. The molecule has 4 nitrogen and oxygen atoms in total. The Hall–Kier alpha value is -1.49. The fourth-order valence-electron chi connectivity index (χ4n) is 2.40. The first kappa shape index (κ1) is 14.9. The zero-order valence-electron chi connectivity index (χ0n) is 11.2. The van der Waals surface area contributed by atoms with Crippen LogP contribution in [-0.2, 0) is 0 Å². The van der Waals surface area contributed by atoms with Crippen molar-refractivity contribution in [1.82, 2.24) is 4.90 Å². The Bertz CT molecular complexity index is 497. The van der Waals surface area contributed by atoms with Gasteiger partial charge >= 0.3 is 6.09 Å². The summed E-state index contributed by atoms with van der Waals surface area (Å²) >= 11 is 5.90. The van der Waals surface area contributed by atoms with Crippen molar-refractivity contribution >= 4 is 17.7 Å². The molecule has 1 saturated heterocycles. The summed E-state index contributed by atoms with van der Waals surface area (Å²) in [7, 11) is 0. The van der Waals surface area contributed by atoms with E-state index in [1.54, 1.807) is 0 Å². The van der Waals surface area contributed by atoms with Crippen LogP contribution in [0.4, 0.5) is 9.18 Å². The van der Waals surface area contributed by atoms with E-state index in [9.17, 15) is 9.18 Å². The van der Waals surface area contributed by atoms with Gasteiger partial charge in [-0.3, -0.25) is 0 Å². The van der Waals surface area contributed by atoms with Gasteiger partial charge in [0.15, 0.2) is 0 Å². The molecule has 110 valence electrons. The smallest absolute Gasteiger partial charge is 0.407 e. The number of hydrogen-bond acceptors (Lipinski definition) is 2. The van der Waals surface area contributed by atoms with Gasteiger partial charge in [-0.2, -0.15) is 0 Å². The molecule has 0 aromatic heterocycles. The van der Waals surface area contributed by atoms with Gasteiger partial charge in [-0.25, -0.2) is 9.18 Å². The van der Waals surface area contributed by atoms with E-state index in [1.807, 2.05) is 6.92 Å². The molecule has 2 rings (SSSR count). The number of piperidine rings is 1. The van der Waals surface area contributed by atoms with E-state index in [1.165, 1.54) is 23.1 Å². The molecule has 1 fully saturated rings. The second kappa shape index (κ2) is 6.31. The van der Waals surface area contributed by atoms with Crippen LogP contribution in [-0.4, -0.2) is 35.8 Å². The molecule has 0 spiro atoms. The zero-order chi connectivity index (χ0) is 14.7. The second-order valence-corrected chi connectivity index (χ2v) is 5.55. The molecule has 1 aromatic rings. The average Bonchev–Trinajstić information content (AvgIpc) is 2.38. The van der Waals surface area contributed by atoms with Crippen LogP contribution in [0.25, 0.3) is 0 Å². The van der Waals surface area contributed by atoms with E-state index >= 15 is 0 Å². The summed E-state index contributed by atoms with van der Waals surface area (Å²) in [6.45, 7) is 3.50. The zero-order valence-corrected chi connectivity index (χ0v) is 11.9. The van der Waals surface area contributed by atoms with E-state index in [0.717, 1.165) is 6.42 Å². The molecule has 6 heteroatoms. The number of benzene rings is 1.